The highest BCUT2D eigenvalue weighted by Gasteiger charge is 1.95. The van der Waals surface area contributed by atoms with Gasteiger partial charge >= 0.3 is 0 Å². The molecule has 0 aliphatic rings. The summed E-state index contributed by atoms with van der Waals surface area (Å²) in [7, 11) is 0. The number of hydrogen-bond acceptors (Lipinski definition) is 3. The van der Waals surface area contributed by atoms with Crippen LogP contribution in [0.5, 0.6) is 0 Å². The third-order valence-electron chi connectivity index (χ3n) is 1.46. The molecule has 0 rings (SSSR count). The van der Waals surface area contributed by atoms with Gasteiger partial charge in [0.25, 0.3) is 0 Å². The molecule has 0 spiro atoms. The first kappa shape index (κ1) is 11.7. The van der Waals surface area contributed by atoms with E-state index in [9.17, 15) is 4.79 Å². The third-order valence-corrected chi connectivity index (χ3v) is 2.41. The van der Waals surface area contributed by atoms with E-state index in [4.69, 9.17) is 5.11 Å². The molecule has 0 aliphatic carbocycles. The number of thioether (sulfide) groups is 1. The summed E-state index contributed by atoms with van der Waals surface area (Å²) in [6.07, 6.45) is 5.42. The minimum atomic E-state index is 0.0529. The number of hydrogen-bond donors (Lipinski definition) is 1. The van der Waals surface area contributed by atoms with Crippen LogP contribution in [0, 0.1) is 0 Å². The third kappa shape index (κ3) is 7.82. The second-order valence-corrected chi connectivity index (χ2v) is 3.61. The van der Waals surface area contributed by atoms with E-state index in [0.717, 1.165) is 31.4 Å². The lowest BCUT2D eigenvalue weighted by molar-refractivity contribution is -0.107. The Balaban J connectivity index is 3.00. The fourth-order valence-electron chi connectivity index (χ4n) is 0.799. The summed E-state index contributed by atoms with van der Waals surface area (Å²) in [4.78, 5) is 10.7. The Morgan fingerprint density at radius 1 is 1.33 bits per heavy atom. The molecule has 0 saturated carbocycles. The van der Waals surface area contributed by atoms with Gasteiger partial charge in [-0.3, -0.25) is 4.79 Å². The van der Waals surface area contributed by atoms with Crippen molar-refractivity contribution in [1.82, 2.24) is 0 Å². The molecular formula is C9H16O2S. The van der Waals surface area contributed by atoms with Crippen LogP contribution < -0.4 is 0 Å². The summed E-state index contributed by atoms with van der Waals surface area (Å²) in [6, 6.07) is 0. The maximum Gasteiger partial charge on any atom is 0.211 e. The summed E-state index contributed by atoms with van der Waals surface area (Å²) in [6.45, 7) is 3.66. The molecule has 0 amide bonds. The summed E-state index contributed by atoms with van der Waals surface area (Å²) >= 11 is 1.31. The fourth-order valence-corrected chi connectivity index (χ4v) is 1.47. The van der Waals surface area contributed by atoms with E-state index in [0.29, 0.717) is 0 Å². The summed E-state index contributed by atoms with van der Waals surface area (Å²) in [5.74, 6) is 0.871. The van der Waals surface area contributed by atoms with Gasteiger partial charge < -0.3 is 5.11 Å². The minimum Gasteiger partial charge on any atom is -0.396 e. The van der Waals surface area contributed by atoms with Crippen molar-refractivity contribution >= 4 is 16.9 Å². The molecule has 12 heavy (non-hydrogen) atoms. The van der Waals surface area contributed by atoms with Crippen LogP contribution >= 0.6 is 11.8 Å². The van der Waals surface area contributed by atoms with E-state index in [-0.39, 0.29) is 11.7 Å². The van der Waals surface area contributed by atoms with Gasteiger partial charge in [-0.25, -0.2) is 0 Å². The molecule has 70 valence electrons. The number of unbranched alkanes of at least 4 members (excludes halogenated alkanes) is 3. The van der Waals surface area contributed by atoms with E-state index in [2.05, 4.69) is 6.58 Å². The van der Waals surface area contributed by atoms with Crippen LogP contribution in [0.4, 0.5) is 0 Å². The molecule has 3 heteroatoms. The van der Waals surface area contributed by atoms with Gasteiger partial charge in [0.05, 0.1) is 0 Å². The Hall–Kier alpha value is -0.280. The molecule has 0 bridgehead atoms. The van der Waals surface area contributed by atoms with Crippen molar-refractivity contribution < 1.29 is 9.90 Å². The zero-order valence-electron chi connectivity index (χ0n) is 7.29. The van der Waals surface area contributed by atoms with E-state index in [1.54, 1.807) is 0 Å². The second kappa shape index (κ2) is 8.81. The summed E-state index contributed by atoms with van der Waals surface area (Å²) < 4.78 is 0. The van der Waals surface area contributed by atoms with Gasteiger partial charge in [-0.1, -0.05) is 31.2 Å². The standard InChI is InChI=1S/C9H16O2S/c1-2-9(11)12-8-6-4-3-5-7-10/h2,10H,1,3-8H2. The molecule has 0 fully saturated rings. The van der Waals surface area contributed by atoms with Crippen molar-refractivity contribution in [2.24, 2.45) is 0 Å². The fraction of sp³-hybridized carbons (Fsp3) is 0.667. The Labute approximate surface area is 78.0 Å². The first-order valence-corrected chi connectivity index (χ1v) is 5.20. The molecule has 1 N–H and O–H groups in total. The monoisotopic (exact) mass is 188 g/mol. The summed E-state index contributed by atoms with van der Waals surface area (Å²) in [5.41, 5.74) is 0. The Bertz CT molecular complexity index is 134. The quantitative estimate of drug-likeness (QED) is 0.490. The van der Waals surface area contributed by atoms with Crippen molar-refractivity contribution in [3.63, 3.8) is 0 Å². The lowest BCUT2D eigenvalue weighted by Gasteiger charge is -1.97. The first-order chi connectivity index (χ1) is 5.81. The zero-order chi connectivity index (χ0) is 9.23. The maximum atomic E-state index is 10.7. The lowest BCUT2D eigenvalue weighted by atomic mass is 10.2. The topological polar surface area (TPSA) is 37.3 Å². The normalized spacial score (nSPS) is 9.75. The van der Waals surface area contributed by atoms with Gasteiger partial charge in [0.1, 0.15) is 0 Å². The molecule has 0 heterocycles. The predicted octanol–water partition coefficient (Wildman–Crippen LogP) is 1.98. The van der Waals surface area contributed by atoms with Gasteiger partial charge in [-0.2, -0.15) is 0 Å². The highest BCUT2D eigenvalue weighted by molar-refractivity contribution is 8.14. The Morgan fingerprint density at radius 2 is 2.00 bits per heavy atom. The summed E-state index contributed by atoms with van der Waals surface area (Å²) in [5, 5.41) is 8.53. The molecule has 0 atom stereocenters. The second-order valence-electron chi connectivity index (χ2n) is 2.51. The number of carbonyl (C=O) groups excluding carboxylic acids is 1. The predicted molar refractivity (Wildman–Crippen MR) is 53.2 cm³/mol. The van der Waals surface area contributed by atoms with E-state index < -0.39 is 0 Å². The highest BCUT2D eigenvalue weighted by Crippen LogP contribution is 2.08. The van der Waals surface area contributed by atoms with Crippen molar-refractivity contribution in [1.29, 1.82) is 0 Å². The molecule has 0 radical (unpaired) electrons. The van der Waals surface area contributed by atoms with Crippen LogP contribution in [0.3, 0.4) is 0 Å². The average Bonchev–Trinajstić information content (AvgIpc) is 2.10. The van der Waals surface area contributed by atoms with E-state index in [1.165, 1.54) is 17.8 Å². The molecule has 0 saturated heterocycles. The smallest absolute Gasteiger partial charge is 0.211 e. The molecular weight excluding hydrogens is 172 g/mol. The Morgan fingerprint density at radius 3 is 2.58 bits per heavy atom. The SMILES string of the molecule is C=CC(=O)SCCCCCCO. The first-order valence-electron chi connectivity index (χ1n) is 4.21. The van der Waals surface area contributed by atoms with Crippen LogP contribution in [0.2, 0.25) is 0 Å². The average molecular weight is 188 g/mol. The molecule has 0 aromatic heterocycles. The largest absolute Gasteiger partial charge is 0.396 e. The molecule has 0 aliphatic heterocycles. The van der Waals surface area contributed by atoms with Crippen molar-refractivity contribution in [2.45, 2.75) is 25.7 Å². The maximum absolute atomic E-state index is 10.7. The molecule has 0 unspecified atom stereocenters. The number of carbonyl (C=O) groups is 1. The van der Waals surface area contributed by atoms with Gasteiger partial charge in [-0.05, 0) is 18.9 Å². The van der Waals surface area contributed by atoms with Gasteiger partial charge in [0.2, 0.25) is 5.12 Å². The van der Waals surface area contributed by atoms with Crippen LogP contribution in [0.25, 0.3) is 0 Å². The van der Waals surface area contributed by atoms with Crippen LogP contribution in [0.1, 0.15) is 25.7 Å². The number of rotatable bonds is 7. The molecule has 2 nitrogen and oxygen atoms in total. The Kier molecular flexibility index (Phi) is 8.61. The van der Waals surface area contributed by atoms with Crippen LogP contribution in [0.15, 0.2) is 12.7 Å². The van der Waals surface area contributed by atoms with Crippen LogP contribution in [-0.4, -0.2) is 22.6 Å². The van der Waals surface area contributed by atoms with Gasteiger partial charge in [-0.15, -0.1) is 0 Å². The molecule has 0 aromatic carbocycles. The van der Waals surface area contributed by atoms with Crippen molar-refractivity contribution in [3.8, 4) is 0 Å². The van der Waals surface area contributed by atoms with Crippen LogP contribution in [-0.2, 0) is 4.79 Å². The minimum absolute atomic E-state index is 0.0529. The van der Waals surface area contributed by atoms with Gasteiger partial charge in [0, 0.05) is 12.4 Å². The van der Waals surface area contributed by atoms with E-state index >= 15 is 0 Å². The number of aliphatic hydroxyl groups is 1. The zero-order valence-corrected chi connectivity index (χ0v) is 8.11. The van der Waals surface area contributed by atoms with Crippen molar-refractivity contribution in [2.75, 3.05) is 12.4 Å². The lowest BCUT2D eigenvalue weighted by Crippen LogP contribution is -1.89. The van der Waals surface area contributed by atoms with Gasteiger partial charge in [0.15, 0.2) is 0 Å². The highest BCUT2D eigenvalue weighted by atomic mass is 32.2. The van der Waals surface area contributed by atoms with E-state index in [1.807, 2.05) is 0 Å². The van der Waals surface area contributed by atoms with Crippen molar-refractivity contribution in [3.05, 3.63) is 12.7 Å². The number of aliphatic hydroxyl groups excluding tert-OH is 1. The molecule has 0 aromatic rings.